The van der Waals surface area contributed by atoms with E-state index in [9.17, 15) is 14.4 Å². The molecule has 1 amide bonds. The van der Waals surface area contributed by atoms with Crippen LogP contribution in [-0.4, -0.2) is 36.4 Å². The van der Waals surface area contributed by atoms with Crippen LogP contribution in [-0.2, 0) is 14.3 Å². The summed E-state index contributed by atoms with van der Waals surface area (Å²) in [4.78, 5) is 35.3. The highest BCUT2D eigenvalue weighted by molar-refractivity contribution is 5.94. The van der Waals surface area contributed by atoms with Gasteiger partial charge < -0.3 is 14.8 Å². The van der Waals surface area contributed by atoms with Crippen LogP contribution < -0.4 is 10.1 Å². The van der Waals surface area contributed by atoms with Crippen LogP contribution in [0.3, 0.4) is 0 Å². The van der Waals surface area contributed by atoms with Gasteiger partial charge in [-0.25, -0.2) is 4.79 Å². The molecule has 0 radical (unpaired) electrons. The molecule has 26 heavy (non-hydrogen) atoms. The first-order chi connectivity index (χ1) is 12.5. The summed E-state index contributed by atoms with van der Waals surface area (Å²) in [6, 6.07) is 6.66. The third-order valence-electron chi connectivity index (χ3n) is 4.50. The molecule has 2 rings (SSSR count). The number of carbonyl (C=O) groups is 3. The van der Waals surface area contributed by atoms with Crippen molar-refractivity contribution >= 4 is 17.7 Å². The molecule has 0 aliphatic heterocycles. The molecule has 1 fully saturated rings. The van der Waals surface area contributed by atoms with Gasteiger partial charge in [0, 0.05) is 11.6 Å². The Labute approximate surface area is 154 Å². The molecule has 1 N–H and O–H groups in total. The largest absolute Gasteiger partial charge is 0.482 e. The topological polar surface area (TPSA) is 81.7 Å². The number of Topliss-reactive ketones (excluding diaryl/α,β-unsaturated/α-hetero) is 1. The zero-order valence-corrected chi connectivity index (χ0v) is 15.5. The summed E-state index contributed by atoms with van der Waals surface area (Å²) in [5.74, 6) is -0.452. The molecule has 0 unspecified atom stereocenters. The second kappa shape index (κ2) is 9.94. The maximum atomic E-state index is 12.2. The molecule has 0 spiro atoms. The third-order valence-corrected chi connectivity index (χ3v) is 4.50. The lowest BCUT2D eigenvalue weighted by atomic mass is 10.1. The number of hydrogen-bond acceptors (Lipinski definition) is 5. The van der Waals surface area contributed by atoms with Crippen LogP contribution in [0.1, 0.15) is 62.7 Å². The Morgan fingerprint density at radius 2 is 1.69 bits per heavy atom. The van der Waals surface area contributed by atoms with Gasteiger partial charge in [-0.2, -0.15) is 0 Å². The standard InChI is InChI=1S/C20H27NO5/c1-14(22)16-9-11-18(12-10-16)25-13-19(23)26-15(2)20(24)21-17-7-5-3-4-6-8-17/h9-12,15,17H,3-8,13H2,1-2H3,(H,21,24)/t15-/m0/s1. The van der Waals surface area contributed by atoms with E-state index in [-0.39, 0.29) is 24.3 Å². The first kappa shape index (κ1) is 19.9. The maximum absolute atomic E-state index is 12.2. The van der Waals surface area contributed by atoms with Crippen molar-refractivity contribution in [2.75, 3.05) is 6.61 Å². The van der Waals surface area contributed by atoms with Crippen LogP contribution in [0.5, 0.6) is 5.75 Å². The molecule has 6 nitrogen and oxygen atoms in total. The lowest BCUT2D eigenvalue weighted by molar-refractivity contribution is -0.156. The van der Waals surface area contributed by atoms with Gasteiger partial charge in [0.25, 0.3) is 5.91 Å². The fourth-order valence-electron chi connectivity index (χ4n) is 2.96. The minimum Gasteiger partial charge on any atom is -0.482 e. The molecule has 0 bridgehead atoms. The number of esters is 1. The predicted molar refractivity (Wildman–Crippen MR) is 97.1 cm³/mol. The van der Waals surface area contributed by atoms with Gasteiger partial charge in [-0.3, -0.25) is 9.59 Å². The minimum absolute atomic E-state index is 0.0375. The molecule has 1 aromatic carbocycles. The van der Waals surface area contributed by atoms with Gasteiger partial charge >= 0.3 is 5.97 Å². The van der Waals surface area contributed by atoms with E-state index in [0.717, 1.165) is 25.7 Å². The van der Waals surface area contributed by atoms with E-state index in [2.05, 4.69) is 5.32 Å². The number of benzene rings is 1. The van der Waals surface area contributed by atoms with Crippen LogP contribution in [0.2, 0.25) is 0 Å². The lowest BCUT2D eigenvalue weighted by Gasteiger charge is -2.19. The van der Waals surface area contributed by atoms with Gasteiger partial charge in [0.05, 0.1) is 0 Å². The summed E-state index contributed by atoms with van der Waals surface area (Å²) >= 11 is 0. The highest BCUT2D eigenvalue weighted by Gasteiger charge is 2.22. The van der Waals surface area contributed by atoms with Crippen LogP contribution >= 0.6 is 0 Å². The van der Waals surface area contributed by atoms with E-state index in [0.29, 0.717) is 11.3 Å². The highest BCUT2D eigenvalue weighted by atomic mass is 16.6. The average molecular weight is 361 g/mol. The summed E-state index contributed by atoms with van der Waals surface area (Å²) in [5.41, 5.74) is 0.573. The summed E-state index contributed by atoms with van der Waals surface area (Å²) in [6.45, 7) is 2.75. The summed E-state index contributed by atoms with van der Waals surface area (Å²) in [5, 5.41) is 2.97. The van der Waals surface area contributed by atoms with Crippen molar-refractivity contribution in [2.24, 2.45) is 0 Å². The number of rotatable bonds is 7. The van der Waals surface area contributed by atoms with Gasteiger partial charge in [0.2, 0.25) is 0 Å². The number of nitrogens with one attached hydrogen (secondary N) is 1. The smallest absolute Gasteiger partial charge is 0.344 e. The van der Waals surface area contributed by atoms with Crippen molar-refractivity contribution < 1.29 is 23.9 Å². The van der Waals surface area contributed by atoms with Crippen molar-refractivity contribution in [3.05, 3.63) is 29.8 Å². The van der Waals surface area contributed by atoms with Crippen LogP contribution in [0.4, 0.5) is 0 Å². The van der Waals surface area contributed by atoms with Crippen LogP contribution in [0.15, 0.2) is 24.3 Å². The van der Waals surface area contributed by atoms with Crippen molar-refractivity contribution in [3.8, 4) is 5.75 Å². The molecule has 1 aliphatic carbocycles. The van der Waals surface area contributed by atoms with Gasteiger partial charge in [-0.05, 0) is 51.0 Å². The quantitative estimate of drug-likeness (QED) is 0.459. The fraction of sp³-hybridized carbons (Fsp3) is 0.550. The Morgan fingerprint density at radius 1 is 1.08 bits per heavy atom. The number of carbonyl (C=O) groups excluding carboxylic acids is 3. The first-order valence-electron chi connectivity index (χ1n) is 9.19. The highest BCUT2D eigenvalue weighted by Crippen LogP contribution is 2.17. The second-order valence-corrected chi connectivity index (χ2v) is 6.70. The SMILES string of the molecule is CC(=O)c1ccc(OCC(=O)O[C@@H](C)C(=O)NC2CCCCCC2)cc1. The molecule has 1 atom stereocenters. The Hall–Kier alpha value is -2.37. The summed E-state index contributed by atoms with van der Waals surface area (Å²) in [6.07, 6.45) is 5.76. The van der Waals surface area contributed by atoms with E-state index in [1.54, 1.807) is 31.2 Å². The van der Waals surface area contributed by atoms with Gasteiger partial charge in [0.15, 0.2) is 18.5 Å². The van der Waals surface area contributed by atoms with Crippen molar-refractivity contribution in [1.82, 2.24) is 5.32 Å². The fourth-order valence-corrected chi connectivity index (χ4v) is 2.96. The monoisotopic (exact) mass is 361 g/mol. The zero-order chi connectivity index (χ0) is 18.9. The van der Waals surface area contributed by atoms with Crippen LogP contribution in [0, 0.1) is 0 Å². The van der Waals surface area contributed by atoms with Crippen molar-refractivity contribution in [3.63, 3.8) is 0 Å². The molecular weight excluding hydrogens is 334 g/mol. The maximum Gasteiger partial charge on any atom is 0.344 e. The number of ketones is 1. The molecule has 0 heterocycles. The Bertz CT molecular complexity index is 618. The number of ether oxygens (including phenoxy) is 2. The predicted octanol–water partition coefficient (Wildman–Crippen LogP) is 3.04. The first-order valence-corrected chi connectivity index (χ1v) is 9.19. The number of hydrogen-bond donors (Lipinski definition) is 1. The summed E-state index contributed by atoms with van der Waals surface area (Å²) < 4.78 is 10.5. The van der Waals surface area contributed by atoms with Gasteiger partial charge in [-0.15, -0.1) is 0 Å². The Balaban J connectivity index is 1.73. The Kier molecular flexibility index (Phi) is 7.63. The zero-order valence-electron chi connectivity index (χ0n) is 15.5. The molecule has 0 saturated heterocycles. The van der Waals surface area contributed by atoms with Crippen LogP contribution in [0.25, 0.3) is 0 Å². The molecular formula is C20H27NO5. The lowest BCUT2D eigenvalue weighted by Crippen LogP contribution is -2.42. The van der Waals surface area contributed by atoms with Crippen molar-refractivity contribution in [1.29, 1.82) is 0 Å². The van der Waals surface area contributed by atoms with E-state index in [4.69, 9.17) is 9.47 Å². The van der Waals surface area contributed by atoms with E-state index in [1.165, 1.54) is 19.8 Å². The molecule has 0 aromatic heterocycles. The van der Waals surface area contributed by atoms with Crippen molar-refractivity contribution in [2.45, 2.75) is 64.5 Å². The molecule has 6 heteroatoms. The average Bonchev–Trinajstić information content (AvgIpc) is 2.89. The minimum atomic E-state index is -0.852. The van der Waals surface area contributed by atoms with Gasteiger partial charge in [0.1, 0.15) is 5.75 Å². The molecule has 1 aliphatic rings. The molecule has 1 aromatic rings. The third kappa shape index (κ3) is 6.50. The second-order valence-electron chi connectivity index (χ2n) is 6.70. The van der Waals surface area contributed by atoms with E-state index >= 15 is 0 Å². The number of amides is 1. The van der Waals surface area contributed by atoms with E-state index in [1.807, 2.05) is 0 Å². The molecule has 142 valence electrons. The van der Waals surface area contributed by atoms with Gasteiger partial charge in [-0.1, -0.05) is 25.7 Å². The molecule has 1 saturated carbocycles. The summed E-state index contributed by atoms with van der Waals surface area (Å²) in [7, 11) is 0. The normalized spacial score (nSPS) is 16.2. The Morgan fingerprint density at radius 3 is 2.27 bits per heavy atom. The van der Waals surface area contributed by atoms with E-state index < -0.39 is 12.1 Å².